The summed E-state index contributed by atoms with van der Waals surface area (Å²) >= 11 is 0. The Bertz CT molecular complexity index is 4160. The van der Waals surface area contributed by atoms with E-state index in [1.54, 1.807) is 29.3 Å². The molecule has 4 aromatic heterocycles. The number of benzene rings is 4. The quantitative estimate of drug-likeness (QED) is 0.0484. The van der Waals surface area contributed by atoms with Gasteiger partial charge in [0, 0.05) is 31.9 Å². The second-order valence-electron chi connectivity index (χ2n) is 21.4. The number of nitrogens with zero attached hydrogens (tertiary/aromatic N) is 9. The lowest BCUT2D eigenvalue weighted by molar-refractivity contribution is -0.198. The number of isocyanates is 1. The van der Waals surface area contributed by atoms with Crippen LogP contribution >= 0.6 is 0 Å². The van der Waals surface area contributed by atoms with Gasteiger partial charge in [0.05, 0.1) is 28.1 Å². The predicted octanol–water partition coefficient (Wildman–Crippen LogP) is 4.60. The molecule has 0 unspecified atom stereocenters. The normalized spacial score (nSPS) is 22.0. The standard InChI is InChI=1S/C29H32N8O7S.C15H20N6O4.C14H12N2O3S/c1-4-30-26(38)22-21-23(44-29(2,3)43-21)27(42-22)37-16-33-20-24(31-15-32-25(20)37)36-28(39)35-18-10-12-19(13-11-18)45(40,41)34-14-17-8-6-5-7-9-17;1-4-17-13(22)9-8-10(25-15(2,3)24-8)14(23-9)21-6-20-7-11(16)18-5-19-12(7)21;17-11-15-13-6-8-14(9-7-13)20(18,19)16-10-12-4-2-1-3-5-12/h5-13,15-16,21-23,27,34H,4,14H2,1-3H3,(H,30,38)(H2,31,32,35,36,39);5-6,8-10,14H,4H2,1-3H3,(H,17,22)(H2,16,18,19);1-9,16H,10H2/t21-,22+,23-,27-;8-,9+,10-,14-;/m11./s1. The number of likely N-dealkylation sites (N-methyl/N-ethyl adjacent to an activating group) is 2. The molecule has 0 saturated carbocycles. The molecule has 4 amide bonds. The number of nitrogens with two attached hydrogens (primary N) is 1. The topological polar surface area (TPSA) is 390 Å². The van der Waals surface area contributed by atoms with Crippen molar-refractivity contribution in [1.82, 2.24) is 59.1 Å². The van der Waals surface area contributed by atoms with Crippen LogP contribution in [-0.2, 0) is 75.9 Å². The number of amides is 4. The Morgan fingerprint density at radius 1 is 0.578 bits per heavy atom. The van der Waals surface area contributed by atoms with Crippen LogP contribution in [0.2, 0.25) is 0 Å². The molecular weight excluding hydrogens is 1210 g/mol. The third kappa shape index (κ3) is 14.5. The molecule has 0 bridgehead atoms. The molecule has 8 atom stereocenters. The van der Waals surface area contributed by atoms with Gasteiger partial charge in [0.1, 0.15) is 42.6 Å². The first-order valence-electron chi connectivity index (χ1n) is 28.2. The number of hydrogen-bond donors (Lipinski definition) is 7. The first kappa shape index (κ1) is 64.0. The summed E-state index contributed by atoms with van der Waals surface area (Å²) in [4.78, 5) is 77.0. The van der Waals surface area contributed by atoms with Gasteiger partial charge in [-0.15, -0.1) is 0 Å². The molecule has 8 N–H and O–H groups in total. The van der Waals surface area contributed by atoms with Crippen LogP contribution in [0.5, 0.6) is 0 Å². The van der Waals surface area contributed by atoms with E-state index in [1.807, 2.05) is 88.4 Å². The van der Waals surface area contributed by atoms with Crippen molar-refractivity contribution in [2.45, 2.75) is 125 Å². The number of nitrogens with one attached hydrogen (secondary N) is 6. The summed E-state index contributed by atoms with van der Waals surface area (Å²) in [6.07, 6.45) is 1.69. The highest BCUT2D eigenvalue weighted by Crippen LogP contribution is 2.45. The van der Waals surface area contributed by atoms with E-state index in [4.69, 9.17) is 34.2 Å². The van der Waals surface area contributed by atoms with E-state index in [0.29, 0.717) is 41.3 Å². The number of fused-ring (bicyclic) bond motifs is 4. The average Bonchev–Trinajstić information content (AvgIpc) is 1.60. The lowest BCUT2D eigenvalue weighted by Crippen LogP contribution is -2.42. The Balaban J connectivity index is 0.000000166. The molecule has 472 valence electrons. The fraction of sp³-hybridized carbons (Fsp3) is 0.345. The number of aliphatic imine (C=N–C) groups is 1. The second-order valence-corrected chi connectivity index (χ2v) is 24.9. The number of sulfonamides is 2. The summed E-state index contributed by atoms with van der Waals surface area (Å²) in [6, 6.07) is 29.2. The Labute approximate surface area is 515 Å². The number of imidazole rings is 2. The van der Waals surface area contributed by atoms with Gasteiger partial charge in [-0.25, -0.2) is 65.8 Å². The van der Waals surface area contributed by atoms with Crippen LogP contribution < -0.4 is 36.4 Å². The molecule has 8 heterocycles. The molecule has 90 heavy (non-hydrogen) atoms. The van der Waals surface area contributed by atoms with Crippen LogP contribution in [-0.4, -0.2) is 141 Å². The van der Waals surface area contributed by atoms with Gasteiger partial charge < -0.3 is 50.1 Å². The number of rotatable bonds is 17. The fourth-order valence-electron chi connectivity index (χ4n) is 10.2. The van der Waals surface area contributed by atoms with Crippen LogP contribution in [0.3, 0.4) is 0 Å². The SMILES string of the molecule is CCNC(=O)[C@H]1O[C@@H](n2cnc3c(N)ncnc32)[C@@H]2OC(C)(C)O[C@@H]21.CCNC(=O)[C@H]1O[C@@H](n2cnc3c(NC(=O)Nc4ccc(S(=O)(=O)NCc5ccccc5)cc4)ncnc32)[C@@H]2OC(C)(C)O[C@@H]21.O=C=Nc1ccc(S(=O)(=O)NCc2ccccc2)cc1. The number of ether oxygens (including phenoxy) is 6. The molecule has 30 nitrogen and oxygen atoms in total. The Hall–Kier alpha value is -9.05. The van der Waals surface area contributed by atoms with E-state index >= 15 is 0 Å². The van der Waals surface area contributed by atoms with Crippen LogP contribution in [0.15, 0.2) is 149 Å². The van der Waals surface area contributed by atoms with E-state index in [2.05, 4.69) is 65.6 Å². The lowest BCUT2D eigenvalue weighted by Gasteiger charge is -2.24. The number of hydrogen-bond acceptors (Lipinski definition) is 22. The van der Waals surface area contributed by atoms with Crippen LogP contribution in [0.4, 0.5) is 27.8 Å². The van der Waals surface area contributed by atoms with Gasteiger partial charge >= 0.3 is 6.03 Å². The molecule has 0 spiro atoms. The van der Waals surface area contributed by atoms with Crippen LogP contribution in [0, 0.1) is 0 Å². The average molecular weight is 1270 g/mol. The Kier molecular flexibility index (Phi) is 19.2. The number of anilines is 3. The smallest absolute Gasteiger partial charge is 0.324 e. The van der Waals surface area contributed by atoms with E-state index in [9.17, 15) is 36.0 Å². The third-order valence-corrected chi connectivity index (χ3v) is 17.0. The second kappa shape index (κ2) is 27.0. The molecule has 8 aromatic rings. The van der Waals surface area contributed by atoms with E-state index < -0.39 is 86.7 Å². The number of carbonyl (C=O) groups excluding carboxylic acids is 4. The van der Waals surface area contributed by atoms with Gasteiger partial charge in [-0.1, -0.05) is 60.7 Å². The molecule has 32 heteroatoms. The molecule has 4 saturated heterocycles. The van der Waals surface area contributed by atoms with Gasteiger partial charge in [0.2, 0.25) is 26.1 Å². The zero-order valence-corrected chi connectivity index (χ0v) is 50.9. The molecule has 4 aliphatic rings. The van der Waals surface area contributed by atoms with Crippen molar-refractivity contribution in [3.05, 3.63) is 146 Å². The molecule has 0 aliphatic carbocycles. The van der Waals surface area contributed by atoms with Crippen LogP contribution in [0.25, 0.3) is 22.3 Å². The van der Waals surface area contributed by atoms with Crippen molar-refractivity contribution in [2.24, 2.45) is 4.99 Å². The summed E-state index contributed by atoms with van der Waals surface area (Å²) in [7, 11) is -7.34. The maximum Gasteiger partial charge on any atom is 0.324 e. The maximum absolute atomic E-state index is 12.9. The Morgan fingerprint density at radius 3 is 1.50 bits per heavy atom. The third-order valence-electron chi connectivity index (χ3n) is 14.2. The van der Waals surface area contributed by atoms with E-state index in [0.717, 1.165) is 11.1 Å². The van der Waals surface area contributed by atoms with Crippen molar-refractivity contribution in [2.75, 3.05) is 29.5 Å². The number of aromatic nitrogens is 8. The van der Waals surface area contributed by atoms with Gasteiger partial charge in [-0.2, -0.15) is 4.99 Å². The molecule has 0 radical (unpaired) electrons. The maximum atomic E-state index is 12.9. The number of carbonyl (C=O) groups is 3. The minimum atomic E-state index is -3.76. The molecule has 4 aromatic carbocycles. The highest BCUT2D eigenvalue weighted by Gasteiger charge is 2.59. The minimum absolute atomic E-state index is 0.0539. The Morgan fingerprint density at radius 2 is 1.02 bits per heavy atom. The van der Waals surface area contributed by atoms with E-state index in [-0.39, 0.29) is 51.8 Å². The zero-order chi connectivity index (χ0) is 64.0. The first-order chi connectivity index (χ1) is 43.1. The molecule has 4 fully saturated rings. The summed E-state index contributed by atoms with van der Waals surface area (Å²) in [5.41, 5.74) is 9.87. The van der Waals surface area contributed by atoms with Crippen molar-refractivity contribution in [3.8, 4) is 0 Å². The first-order valence-corrected chi connectivity index (χ1v) is 31.2. The van der Waals surface area contributed by atoms with E-state index in [1.165, 1.54) is 73.6 Å². The van der Waals surface area contributed by atoms with Gasteiger partial charge in [0.15, 0.2) is 64.7 Å². The van der Waals surface area contributed by atoms with Gasteiger partial charge in [-0.05, 0) is 101 Å². The minimum Gasteiger partial charge on any atom is -0.382 e. The summed E-state index contributed by atoms with van der Waals surface area (Å²) in [5, 5.41) is 10.8. The lowest BCUT2D eigenvalue weighted by atomic mass is 10.1. The van der Waals surface area contributed by atoms with Gasteiger partial charge in [0.25, 0.3) is 11.8 Å². The monoisotopic (exact) mass is 1270 g/mol. The largest absolute Gasteiger partial charge is 0.382 e. The molecular formula is C58H64N16O14S2. The molecule has 12 rings (SSSR count). The summed E-state index contributed by atoms with van der Waals surface area (Å²) < 4.78 is 94.0. The fourth-order valence-corrected chi connectivity index (χ4v) is 12.2. The summed E-state index contributed by atoms with van der Waals surface area (Å²) in [5.74, 6) is -1.89. The van der Waals surface area contributed by atoms with Crippen molar-refractivity contribution in [1.29, 1.82) is 0 Å². The van der Waals surface area contributed by atoms with Crippen LogP contribution in [0.1, 0.15) is 65.1 Å². The number of nitrogen functional groups attached to an aromatic ring is 1. The summed E-state index contributed by atoms with van der Waals surface area (Å²) in [6.45, 7) is 12.1. The van der Waals surface area contributed by atoms with Crippen molar-refractivity contribution in [3.63, 3.8) is 0 Å². The zero-order valence-electron chi connectivity index (χ0n) is 49.3. The molecule has 4 aliphatic heterocycles. The van der Waals surface area contributed by atoms with Crippen molar-refractivity contribution >= 4 is 89.3 Å². The predicted molar refractivity (Wildman–Crippen MR) is 322 cm³/mol. The van der Waals surface area contributed by atoms with Gasteiger partial charge in [-0.3, -0.25) is 24.0 Å². The highest BCUT2D eigenvalue weighted by molar-refractivity contribution is 7.89. The number of urea groups is 1. The van der Waals surface area contributed by atoms with Crippen molar-refractivity contribution < 1.29 is 64.4 Å². The highest BCUT2D eigenvalue weighted by atomic mass is 32.2.